The number of rotatable bonds is 4. The van der Waals surface area contributed by atoms with Crippen molar-refractivity contribution in [2.24, 2.45) is 5.92 Å². The Labute approximate surface area is 120 Å². The first-order chi connectivity index (χ1) is 9.38. The lowest BCUT2D eigenvalue weighted by Crippen LogP contribution is -2.31. The molecule has 0 heterocycles. The third-order valence-corrected chi connectivity index (χ3v) is 5.02. The Morgan fingerprint density at radius 2 is 1.75 bits per heavy atom. The first-order valence-corrected chi connectivity index (χ1v) is 8.87. The number of benzene rings is 1. The topological polar surface area (TPSA) is 63.2 Å². The van der Waals surface area contributed by atoms with Gasteiger partial charge in [0.25, 0.3) is 0 Å². The molecule has 1 fully saturated rings. The summed E-state index contributed by atoms with van der Waals surface area (Å²) in [5, 5.41) is 3.01. The molecule has 1 aliphatic carbocycles. The molecule has 0 saturated heterocycles. The number of sulfone groups is 1. The maximum absolute atomic E-state index is 12.0. The van der Waals surface area contributed by atoms with Crippen molar-refractivity contribution in [2.75, 3.05) is 6.26 Å². The zero-order chi connectivity index (χ0) is 14.8. The van der Waals surface area contributed by atoms with Crippen LogP contribution in [-0.2, 0) is 14.6 Å². The van der Waals surface area contributed by atoms with Crippen LogP contribution in [0, 0.1) is 5.92 Å². The fourth-order valence-electron chi connectivity index (χ4n) is 2.61. The van der Waals surface area contributed by atoms with Crippen LogP contribution in [0.15, 0.2) is 29.2 Å². The highest BCUT2D eigenvalue weighted by atomic mass is 32.2. The standard InChI is InChI=1S/C15H21NO3S/c1-11(16-15(17)13-5-3-4-6-13)12-7-9-14(10-8-12)20(2,18)19/h7-11,13H,3-6H2,1-2H3,(H,16,17). The SMILES string of the molecule is CC(NC(=O)C1CCCC1)c1ccc(S(C)(=O)=O)cc1. The summed E-state index contributed by atoms with van der Waals surface area (Å²) in [6.45, 7) is 1.92. The lowest BCUT2D eigenvalue weighted by Gasteiger charge is -2.17. The maximum Gasteiger partial charge on any atom is 0.223 e. The van der Waals surface area contributed by atoms with Crippen LogP contribution < -0.4 is 5.32 Å². The molecule has 0 bridgehead atoms. The lowest BCUT2D eigenvalue weighted by atomic mass is 10.0. The molecule has 4 nitrogen and oxygen atoms in total. The van der Waals surface area contributed by atoms with Crippen molar-refractivity contribution in [3.63, 3.8) is 0 Å². The zero-order valence-electron chi connectivity index (χ0n) is 11.9. The van der Waals surface area contributed by atoms with Crippen LogP contribution >= 0.6 is 0 Å². The molecule has 110 valence electrons. The van der Waals surface area contributed by atoms with E-state index in [1.165, 1.54) is 6.26 Å². The normalized spacial score (nSPS) is 17.9. The average molecular weight is 295 g/mol. The molecule has 5 heteroatoms. The van der Waals surface area contributed by atoms with E-state index in [1.807, 2.05) is 6.92 Å². The van der Waals surface area contributed by atoms with Crippen LogP contribution in [0.5, 0.6) is 0 Å². The summed E-state index contributed by atoms with van der Waals surface area (Å²) in [6, 6.07) is 6.59. The van der Waals surface area contributed by atoms with Crippen molar-refractivity contribution in [3.8, 4) is 0 Å². The Balaban J connectivity index is 2.02. The van der Waals surface area contributed by atoms with Gasteiger partial charge in [0, 0.05) is 12.2 Å². The van der Waals surface area contributed by atoms with Gasteiger partial charge in [-0.25, -0.2) is 8.42 Å². The molecule has 1 atom stereocenters. The summed E-state index contributed by atoms with van der Waals surface area (Å²) in [4.78, 5) is 12.3. The average Bonchev–Trinajstić information content (AvgIpc) is 2.91. The molecule has 1 saturated carbocycles. The Morgan fingerprint density at radius 1 is 1.20 bits per heavy atom. The summed E-state index contributed by atoms with van der Waals surface area (Å²) >= 11 is 0. The maximum atomic E-state index is 12.0. The number of amides is 1. The third kappa shape index (κ3) is 3.60. The van der Waals surface area contributed by atoms with Crippen LogP contribution in [0.2, 0.25) is 0 Å². The van der Waals surface area contributed by atoms with Gasteiger partial charge < -0.3 is 5.32 Å². The van der Waals surface area contributed by atoms with Gasteiger partial charge in [-0.15, -0.1) is 0 Å². The Hall–Kier alpha value is -1.36. The number of carbonyl (C=O) groups is 1. The van der Waals surface area contributed by atoms with Gasteiger partial charge in [0.15, 0.2) is 9.84 Å². The fourth-order valence-corrected chi connectivity index (χ4v) is 3.24. The van der Waals surface area contributed by atoms with Crippen LogP contribution in [0.3, 0.4) is 0 Å². The number of carbonyl (C=O) groups excluding carboxylic acids is 1. The summed E-state index contributed by atoms with van der Waals surface area (Å²) in [5.74, 6) is 0.259. The molecule has 1 aromatic rings. The van der Waals surface area contributed by atoms with Gasteiger partial charge in [-0.3, -0.25) is 4.79 Å². The minimum atomic E-state index is -3.17. The first kappa shape index (κ1) is 15.0. The zero-order valence-corrected chi connectivity index (χ0v) is 12.7. The van der Waals surface area contributed by atoms with Crippen molar-refractivity contribution < 1.29 is 13.2 Å². The molecule has 0 aromatic heterocycles. The van der Waals surface area contributed by atoms with Gasteiger partial charge in [0.2, 0.25) is 5.91 Å². The van der Waals surface area contributed by atoms with Gasteiger partial charge in [-0.1, -0.05) is 25.0 Å². The molecule has 1 aromatic carbocycles. The van der Waals surface area contributed by atoms with E-state index < -0.39 is 9.84 Å². The van der Waals surface area contributed by atoms with Gasteiger partial charge >= 0.3 is 0 Å². The van der Waals surface area contributed by atoms with Gasteiger partial charge in [0.05, 0.1) is 10.9 Å². The van der Waals surface area contributed by atoms with E-state index in [2.05, 4.69) is 5.32 Å². The third-order valence-electron chi connectivity index (χ3n) is 3.89. The van der Waals surface area contributed by atoms with Crippen LogP contribution in [-0.4, -0.2) is 20.6 Å². The Kier molecular flexibility index (Phi) is 4.48. The number of hydrogen-bond donors (Lipinski definition) is 1. The van der Waals surface area contributed by atoms with Gasteiger partial charge in [-0.2, -0.15) is 0 Å². The van der Waals surface area contributed by atoms with E-state index in [0.717, 1.165) is 31.2 Å². The largest absolute Gasteiger partial charge is 0.349 e. The van der Waals surface area contributed by atoms with Gasteiger partial charge in [-0.05, 0) is 37.5 Å². The Morgan fingerprint density at radius 3 is 2.25 bits per heavy atom. The quantitative estimate of drug-likeness (QED) is 0.928. The highest BCUT2D eigenvalue weighted by molar-refractivity contribution is 7.90. The van der Waals surface area contributed by atoms with Crippen molar-refractivity contribution in [1.82, 2.24) is 5.32 Å². The van der Waals surface area contributed by atoms with Crippen LogP contribution in [0.25, 0.3) is 0 Å². The molecule has 20 heavy (non-hydrogen) atoms. The van der Waals surface area contributed by atoms with Crippen molar-refractivity contribution in [2.45, 2.75) is 43.5 Å². The summed E-state index contributed by atoms with van der Waals surface area (Å²) < 4.78 is 22.8. The molecule has 0 aliphatic heterocycles. The number of nitrogens with one attached hydrogen (secondary N) is 1. The van der Waals surface area contributed by atoms with Crippen molar-refractivity contribution >= 4 is 15.7 Å². The highest BCUT2D eigenvalue weighted by Gasteiger charge is 2.23. The predicted octanol–water partition coefficient (Wildman–Crippen LogP) is 2.46. The van der Waals surface area contributed by atoms with E-state index in [0.29, 0.717) is 4.90 Å². The van der Waals surface area contributed by atoms with Crippen LogP contribution in [0.4, 0.5) is 0 Å². The molecule has 1 aliphatic rings. The summed E-state index contributed by atoms with van der Waals surface area (Å²) in [5.41, 5.74) is 0.920. The van der Waals surface area contributed by atoms with Crippen molar-refractivity contribution in [3.05, 3.63) is 29.8 Å². The Bertz CT molecular complexity index is 572. The van der Waals surface area contributed by atoms with E-state index in [4.69, 9.17) is 0 Å². The molecule has 1 N–H and O–H groups in total. The molecule has 0 radical (unpaired) electrons. The van der Waals surface area contributed by atoms with E-state index in [1.54, 1.807) is 24.3 Å². The predicted molar refractivity (Wildman–Crippen MR) is 78.1 cm³/mol. The second-order valence-corrected chi connectivity index (χ2v) is 7.57. The molecular weight excluding hydrogens is 274 g/mol. The molecule has 1 unspecified atom stereocenters. The number of hydrogen-bond acceptors (Lipinski definition) is 3. The van der Waals surface area contributed by atoms with E-state index in [9.17, 15) is 13.2 Å². The minimum Gasteiger partial charge on any atom is -0.349 e. The highest BCUT2D eigenvalue weighted by Crippen LogP contribution is 2.26. The molecule has 1 amide bonds. The summed E-state index contributed by atoms with van der Waals surface area (Å²) in [7, 11) is -3.17. The van der Waals surface area contributed by atoms with Gasteiger partial charge in [0.1, 0.15) is 0 Å². The molecule has 2 rings (SSSR count). The monoisotopic (exact) mass is 295 g/mol. The second-order valence-electron chi connectivity index (χ2n) is 5.55. The molecule has 0 spiro atoms. The lowest BCUT2D eigenvalue weighted by molar-refractivity contribution is -0.125. The second kappa shape index (κ2) is 5.95. The van der Waals surface area contributed by atoms with E-state index >= 15 is 0 Å². The van der Waals surface area contributed by atoms with E-state index in [-0.39, 0.29) is 17.9 Å². The van der Waals surface area contributed by atoms with Crippen molar-refractivity contribution in [1.29, 1.82) is 0 Å². The minimum absolute atomic E-state index is 0.100. The smallest absolute Gasteiger partial charge is 0.223 e. The summed E-state index contributed by atoms with van der Waals surface area (Å²) in [6.07, 6.45) is 5.41. The molecular formula is C15H21NO3S. The van der Waals surface area contributed by atoms with Crippen LogP contribution in [0.1, 0.15) is 44.2 Å². The first-order valence-electron chi connectivity index (χ1n) is 6.98. The fraction of sp³-hybridized carbons (Fsp3) is 0.533.